The average Bonchev–Trinajstić information content (AvgIpc) is 2.93. The van der Waals surface area contributed by atoms with E-state index in [-0.39, 0.29) is 5.39 Å². The average molecular weight is 409 g/mol. The summed E-state index contributed by atoms with van der Waals surface area (Å²) in [5, 5.41) is 14.0. The van der Waals surface area contributed by atoms with Gasteiger partial charge in [-0.15, -0.1) is 0 Å². The molecule has 2 aromatic carbocycles. The van der Waals surface area contributed by atoms with Gasteiger partial charge >= 0.3 is 10.2 Å². The molecule has 150 valence electrons. The van der Waals surface area contributed by atoms with Crippen LogP contribution in [0.15, 0.2) is 24.3 Å². The topological polar surface area (TPSA) is 108 Å². The molecular weight excluding hydrogens is 389 g/mol. The van der Waals surface area contributed by atoms with Crippen LogP contribution in [0.2, 0.25) is 0 Å². The van der Waals surface area contributed by atoms with Crippen molar-refractivity contribution in [1.29, 1.82) is 0 Å². The number of hydrogen-bond donors (Lipinski definition) is 3. The van der Waals surface area contributed by atoms with Crippen molar-refractivity contribution in [2.45, 2.75) is 12.8 Å². The lowest BCUT2D eigenvalue weighted by Gasteiger charge is -2.23. The maximum atomic E-state index is 15.2. The van der Waals surface area contributed by atoms with E-state index in [1.807, 2.05) is 0 Å². The molecule has 2 fully saturated rings. The number of anilines is 1. The third-order valence-electron chi connectivity index (χ3n) is 4.96. The van der Waals surface area contributed by atoms with Gasteiger partial charge < -0.3 is 15.2 Å². The Morgan fingerprint density at radius 3 is 2.82 bits per heavy atom. The Bertz CT molecular complexity index is 1040. The number of halogens is 1. The first kappa shape index (κ1) is 18.8. The number of aromatic hydroxyl groups is 1. The van der Waals surface area contributed by atoms with Gasteiger partial charge in [0, 0.05) is 17.8 Å². The minimum atomic E-state index is -4.24. The van der Waals surface area contributed by atoms with Gasteiger partial charge in [0.15, 0.2) is 5.82 Å². The van der Waals surface area contributed by atoms with E-state index in [1.165, 1.54) is 12.1 Å². The van der Waals surface area contributed by atoms with Crippen LogP contribution in [0.4, 0.5) is 10.1 Å². The van der Waals surface area contributed by atoms with Crippen LogP contribution in [0.5, 0.6) is 11.5 Å². The number of phenolic OH excluding ortho intramolecular Hbond substituents is 1. The summed E-state index contributed by atoms with van der Waals surface area (Å²) in [5.41, 5.74) is -0.556. The molecule has 2 aliphatic rings. The highest BCUT2D eigenvalue weighted by Gasteiger charge is 2.37. The van der Waals surface area contributed by atoms with Crippen molar-refractivity contribution in [3.63, 3.8) is 0 Å². The normalized spacial score (nSPS) is 21.7. The Morgan fingerprint density at radius 1 is 1.32 bits per heavy atom. The van der Waals surface area contributed by atoms with Crippen molar-refractivity contribution < 1.29 is 27.4 Å². The minimum absolute atomic E-state index is 0.0987. The lowest BCUT2D eigenvalue weighted by Crippen LogP contribution is -2.33. The van der Waals surface area contributed by atoms with E-state index in [0.717, 1.165) is 25.9 Å². The number of benzene rings is 2. The first-order valence-electron chi connectivity index (χ1n) is 8.97. The first-order chi connectivity index (χ1) is 13.3. The molecule has 0 aromatic heterocycles. The Hall–Kier alpha value is -2.59. The summed E-state index contributed by atoms with van der Waals surface area (Å²) < 4.78 is 47.3. The van der Waals surface area contributed by atoms with Crippen molar-refractivity contribution >= 4 is 32.6 Å². The van der Waals surface area contributed by atoms with Crippen LogP contribution in [0.3, 0.4) is 0 Å². The second-order valence-electron chi connectivity index (χ2n) is 7.00. The summed E-state index contributed by atoms with van der Waals surface area (Å²) >= 11 is 0. The van der Waals surface area contributed by atoms with Gasteiger partial charge in [0.1, 0.15) is 23.7 Å². The van der Waals surface area contributed by atoms with Gasteiger partial charge in [-0.25, -0.2) is 13.4 Å². The summed E-state index contributed by atoms with van der Waals surface area (Å²) in [7, 11) is -4.24. The predicted molar refractivity (Wildman–Crippen MR) is 101 cm³/mol. The highest BCUT2D eigenvalue weighted by molar-refractivity contribution is 7.92. The van der Waals surface area contributed by atoms with Crippen LogP contribution in [0.1, 0.15) is 12.8 Å². The molecule has 0 aliphatic carbocycles. The first-order valence-corrected chi connectivity index (χ1v) is 10.4. The van der Waals surface area contributed by atoms with Crippen LogP contribution in [0.25, 0.3) is 10.8 Å². The molecule has 2 heterocycles. The molecule has 8 nitrogen and oxygen atoms in total. The van der Waals surface area contributed by atoms with Crippen molar-refractivity contribution in [2.75, 3.05) is 30.5 Å². The van der Waals surface area contributed by atoms with Crippen LogP contribution >= 0.6 is 0 Å². The number of carbonyl (C=O) groups excluding carboxylic acids is 1. The third-order valence-corrected chi connectivity index (χ3v) is 6.34. The van der Waals surface area contributed by atoms with Crippen molar-refractivity contribution in [3.8, 4) is 11.5 Å². The van der Waals surface area contributed by atoms with Crippen molar-refractivity contribution in [2.24, 2.45) is 5.92 Å². The molecule has 3 N–H and O–H groups in total. The molecule has 0 saturated carbocycles. The molecule has 0 radical (unpaired) electrons. The second-order valence-corrected chi connectivity index (χ2v) is 8.60. The number of phenols is 1. The minimum Gasteiger partial charge on any atom is -0.506 e. The van der Waals surface area contributed by atoms with Gasteiger partial charge in [-0.3, -0.25) is 4.79 Å². The van der Waals surface area contributed by atoms with Gasteiger partial charge in [-0.2, -0.15) is 8.42 Å². The lowest BCUT2D eigenvalue weighted by molar-refractivity contribution is -0.117. The molecule has 28 heavy (non-hydrogen) atoms. The van der Waals surface area contributed by atoms with Crippen LogP contribution in [0, 0.1) is 11.7 Å². The molecule has 1 unspecified atom stereocenters. The molecule has 4 rings (SSSR count). The molecule has 1 amide bonds. The Kier molecular flexibility index (Phi) is 4.76. The molecule has 10 heteroatoms. The van der Waals surface area contributed by atoms with Gasteiger partial charge in [-0.1, -0.05) is 6.07 Å². The monoisotopic (exact) mass is 409 g/mol. The highest BCUT2D eigenvalue weighted by Crippen LogP contribution is 2.39. The van der Waals surface area contributed by atoms with E-state index in [9.17, 15) is 18.3 Å². The predicted octanol–water partition coefficient (Wildman–Crippen LogP) is 1.24. The second kappa shape index (κ2) is 7.10. The number of amides is 1. The zero-order valence-electron chi connectivity index (χ0n) is 14.9. The van der Waals surface area contributed by atoms with Crippen molar-refractivity contribution in [3.05, 3.63) is 30.1 Å². The van der Waals surface area contributed by atoms with Gasteiger partial charge in [0.05, 0.1) is 6.61 Å². The molecule has 2 saturated heterocycles. The Balaban J connectivity index is 1.67. The standard InChI is InChI=1S/C18H20FN3O5S/c19-17-14-7-13(27-10-11-2-1-5-20-8-11)4-3-12(14)6-15(23)18(17)22-9-16(24)21-28(22,25)26/h3-4,6-7,11,20,23H,1-2,5,8-10H2,(H,21,24). The van der Waals surface area contributed by atoms with Crippen LogP contribution < -0.4 is 19.1 Å². The molecule has 2 aliphatic heterocycles. The summed E-state index contributed by atoms with van der Waals surface area (Å²) in [6.45, 7) is 1.77. The van der Waals surface area contributed by atoms with Crippen LogP contribution in [-0.2, 0) is 15.0 Å². The smallest absolute Gasteiger partial charge is 0.326 e. The van der Waals surface area contributed by atoms with Gasteiger partial charge in [0.25, 0.3) is 5.91 Å². The quantitative estimate of drug-likeness (QED) is 0.701. The fourth-order valence-corrected chi connectivity index (χ4v) is 4.72. The number of rotatable bonds is 4. The zero-order valence-corrected chi connectivity index (χ0v) is 15.8. The van der Waals surface area contributed by atoms with E-state index in [0.29, 0.717) is 28.0 Å². The summed E-state index contributed by atoms with van der Waals surface area (Å²) in [6, 6.07) is 6.01. The number of ether oxygens (including phenoxy) is 1. The fraction of sp³-hybridized carbons (Fsp3) is 0.389. The summed E-state index contributed by atoms with van der Waals surface area (Å²) in [4.78, 5) is 11.5. The Morgan fingerprint density at radius 2 is 2.14 bits per heavy atom. The Labute approximate surface area is 161 Å². The number of piperidine rings is 1. The number of nitrogens with one attached hydrogen (secondary N) is 2. The number of nitrogens with zero attached hydrogens (tertiary/aromatic N) is 1. The SMILES string of the molecule is O=C1CN(c2c(O)cc3ccc(OCC4CCCNC4)cc3c2F)S(=O)(=O)N1. The number of hydrogen-bond acceptors (Lipinski definition) is 6. The zero-order chi connectivity index (χ0) is 19.9. The third kappa shape index (κ3) is 3.45. The lowest BCUT2D eigenvalue weighted by atomic mass is 10.0. The van der Waals surface area contributed by atoms with E-state index < -0.39 is 39.9 Å². The molecule has 0 bridgehead atoms. The van der Waals surface area contributed by atoms with E-state index >= 15 is 4.39 Å². The summed E-state index contributed by atoms with van der Waals surface area (Å²) in [6.07, 6.45) is 2.14. The van der Waals surface area contributed by atoms with E-state index in [1.54, 1.807) is 16.9 Å². The van der Waals surface area contributed by atoms with Gasteiger partial charge in [-0.05, 0) is 43.0 Å². The number of carbonyl (C=O) groups is 1. The maximum Gasteiger partial charge on any atom is 0.326 e. The molecular formula is C18H20FN3O5S. The van der Waals surface area contributed by atoms with Crippen molar-refractivity contribution in [1.82, 2.24) is 10.0 Å². The molecule has 2 aromatic rings. The molecule has 0 spiro atoms. The van der Waals surface area contributed by atoms with E-state index in [4.69, 9.17) is 4.74 Å². The van der Waals surface area contributed by atoms with Gasteiger partial charge in [0.2, 0.25) is 0 Å². The number of fused-ring (bicyclic) bond motifs is 1. The van der Waals surface area contributed by atoms with Crippen LogP contribution in [-0.4, -0.2) is 45.7 Å². The fourth-order valence-electron chi connectivity index (χ4n) is 3.56. The maximum absolute atomic E-state index is 15.2. The largest absolute Gasteiger partial charge is 0.506 e. The molecule has 1 atom stereocenters. The van der Waals surface area contributed by atoms with E-state index in [2.05, 4.69) is 5.32 Å². The summed E-state index contributed by atoms with van der Waals surface area (Å²) in [5.74, 6) is -1.47. The highest BCUT2D eigenvalue weighted by atomic mass is 32.2.